The van der Waals surface area contributed by atoms with E-state index < -0.39 is 0 Å². The molecular formula is C10H17N3O2. The van der Waals surface area contributed by atoms with E-state index >= 15 is 0 Å². The minimum Gasteiger partial charge on any atom is -0.371 e. The number of aryl methyl sites for hydroxylation is 1. The van der Waals surface area contributed by atoms with E-state index in [1.165, 1.54) is 12.8 Å². The summed E-state index contributed by atoms with van der Waals surface area (Å²) in [6.07, 6.45) is 2.49. The van der Waals surface area contributed by atoms with Gasteiger partial charge in [0.2, 0.25) is 0 Å². The predicted octanol–water partition coefficient (Wildman–Crippen LogP) is 0.894. The highest BCUT2D eigenvalue weighted by molar-refractivity contribution is 4.80. The van der Waals surface area contributed by atoms with Gasteiger partial charge in [0.05, 0.1) is 6.61 Å². The Morgan fingerprint density at radius 3 is 3.20 bits per heavy atom. The first-order valence-electron chi connectivity index (χ1n) is 5.42. The van der Waals surface area contributed by atoms with Gasteiger partial charge in [-0.3, -0.25) is 0 Å². The molecule has 0 bridgehead atoms. The molecule has 0 aromatic carbocycles. The minimum atomic E-state index is 0.428. The highest BCUT2D eigenvalue weighted by Crippen LogP contribution is 2.10. The summed E-state index contributed by atoms with van der Waals surface area (Å²) in [6, 6.07) is 0. The van der Waals surface area contributed by atoms with E-state index in [0.717, 1.165) is 19.7 Å². The van der Waals surface area contributed by atoms with Gasteiger partial charge in [0, 0.05) is 6.54 Å². The predicted molar refractivity (Wildman–Crippen MR) is 54.3 cm³/mol. The third-order valence-electron chi connectivity index (χ3n) is 2.55. The lowest BCUT2D eigenvalue weighted by Gasteiger charge is -2.21. The molecule has 0 unspecified atom stereocenters. The maximum Gasteiger partial charge on any atom is 0.252 e. The Kier molecular flexibility index (Phi) is 3.69. The molecule has 1 saturated heterocycles. The zero-order chi connectivity index (χ0) is 10.5. The Bertz CT molecular complexity index is 295. The average molecular weight is 211 g/mol. The van der Waals surface area contributed by atoms with Gasteiger partial charge in [-0.2, -0.15) is 4.98 Å². The van der Waals surface area contributed by atoms with Crippen molar-refractivity contribution in [2.24, 2.45) is 5.92 Å². The molecule has 0 radical (unpaired) electrons. The Balaban J connectivity index is 1.65. The van der Waals surface area contributed by atoms with E-state index in [-0.39, 0.29) is 0 Å². The number of aromatic nitrogens is 2. The molecule has 0 amide bonds. The zero-order valence-electron chi connectivity index (χ0n) is 9.03. The molecule has 84 valence electrons. The van der Waals surface area contributed by atoms with Gasteiger partial charge >= 0.3 is 0 Å². The molecule has 5 heteroatoms. The van der Waals surface area contributed by atoms with Crippen LogP contribution in [0.15, 0.2) is 4.52 Å². The summed E-state index contributed by atoms with van der Waals surface area (Å²) in [5.41, 5.74) is 0. The molecule has 0 aliphatic carbocycles. The normalized spacial score (nSPS) is 21.8. The molecule has 1 fully saturated rings. The third-order valence-corrected chi connectivity index (χ3v) is 2.55. The minimum absolute atomic E-state index is 0.428. The van der Waals surface area contributed by atoms with Crippen LogP contribution in [-0.4, -0.2) is 29.8 Å². The smallest absolute Gasteiger partial charge is 0.252 e. The largest absolute Gasteiger partial charge is 0.371 e. The fraction of sp³-hybridized carbons (Fsp3) is 0.800. The van der Waals surface area contributed by atoms with Crippen LogP contribution in [0.3, 0.4) is 0 Å². The third kappa shape index (κ3) is 3.28. The number of nitrogens with one attached hydrogen (secondary N) is 1. The van der Waals surface area contributed by atoms with E-state index in [2.05, 4.69) is 15.5 Å². The highest BCUT2D eigenvalue weighted by atomic mass is 16.5. The summed E-state index contributed by atoms with van der Waals surface area (Å²) in [5.74, 6) is 1.85. The van der Waals surface area contributed by atoms with Crippen LogP contribution in [0, 0.1) is 12.8 Å². The van der Waals surface area contributed by atoms with E-state index in [0.29, 0.717) is 24.2 Å². The molecule has 0 spiro atoms. The first-order valence-corrected chi connectivity index (χ1v) is 5.42. The van der Waals surface area contributed by atoms with Gasteiger partial charge in [-0.05, 0) is 32.2 Å². The fourth-order valence-corrected chi connectivity index (χ4v) is 1.78. The maximum absolute atomic E-state index is 5.54. The number of hydrogen-bond acceptors (Lipinski definition) is 5. The molecule has 1 aliphatic heterocycles. The van der Waals surface area contributed by atoms with Crippen LogP contribution in [-0.2, 0) is 11.3 Å². The Morgan fingerprint density at radius 1 is 1.60 bits per heavy atom. The van der Waals surface area contributed by atoms with Crippen LogP contribution >= 0.6 is 0 Å². The highest BCUT2D eigenvalue weighted by Gasteiger charge is 2.13. The van der Waals surface area contributed by atoms with Crippen LogP contribution in [0.1, 0.15) is 24.6 Å². The number of ether oxygens (including phenoxy) is 1. The van der Waals surface area contributed by atoms with Gasteiger partial charge in [0.15, 0.2) is 5.82 Å². The second-order valence-electron chi connectivity index (χ2n) is 3.96. The molecule has 1 aliphatic rings. The molecule has 1 N–H and O–H groups in total. The van der Waals surface area contributed by atoms with Crippen molar-refractivity contribution in [1.82, 2.24) is 15.5 Å². The lowest BCUT2D eigenvalue weighted by molar-refractivity contribution is 0.0619. The Labute approximate surface area is 89.2 Å². The van der Waals surface area contributed by atoms with Crippen molar-refractivity contribution in [3.05, 3.63) is 11.7 Å². The van der Waals surface area contributed by atoms with Crippen molar-refractivity contribution in [2.45, 2.75) is 26.4 Å². The van der Waals surface area contributed by atoms with Gasteiger partial charge in [-0.1, -0.05) is 5.16 Å². The van der Waals surface area contributed by atoms with Crippen LogP contribution in [0.4, 0.5) is 0 Å². The zero-order valence-corrected chi connectivity index (χ0v) is 9.03. The topological polar surface area (TPSA) is 60.2 Å². The summed E-state index contributed by atoms with van der Waals surface area (Å²) in [6.45, 7) is 5.20. The quantitative estimate of drug-likeness (QED) is 0.801. The summed E-state index contributed by atoms with van der Waals surface area (Å²) in [7, 11) is 0. The monoisotopic (exact) mass is 211 g/mol. The standard InChI is InChI=1S/C10H17N3O2/c1-8-12-10(15-13-8)7-14-6-9-3-2-4-11-5-9/h9,11H,2-7H2,1H3/t9-/m0/s1. The number of rotatable bonds is 4. The number of piperidine rings is 1. The van der Waals surface area contributed by atoms with Crippen LogP contribution in [0.25, 0.3) is 0 Å². The molecule has 5 nitrogen and oxygen atoms in total. The summed E-state index contributed by atoms with van der Waals surface area (Å²) in [4.78, 5) is 4.07. The SMILES string of the molecule is Cc1noc(COC[C@H]2CCCNC2)n1. The van der Waals surface area contributed by atoms with Gasteiger partial charge in [0.25, 0.3) is 5.89 Å². The van der Waals surface area contributed by atoms with Crippen molar-refractivity contribution in [2.75, 3.05) is 19.7 Å². The molecule has 2 heterocycles. The molecule has 1 atom stereocenters. The second-order valence-corrected chi connectivity index (χ2v) is 3.96. The molecule has 0 saturated carbocycles. The average Bonchev–Trinajstić information content (AvgIpc) is 2.66. The van der Waals surface area contributed by atoms with E-state index in [4.69, 9.17) is 9.26 Å². The van der Waals surface area contributed by atoms with Gasteiger partial charge in [-0.15, -0.1) is 0 Å². The Hall–Kier alpha value is -0.940. The molecule has 15 heavy (non-hydrogen) atoms. The molecule has 1 aromatic rings. The number of nitrogens with zero attached hydrogens (tertiary/aromatic N) is 2. The van der Waals surface area contributed by atoms with Gasteiger partial charge in [-0.25, -0.2) is 0 Å². The molecule has 1 aromatic heterocycles. The van der Waals surface area contributed by atoms with E-state index in [1.807, 2.05) is 0 Å². The van der Waals surface area contributed by atoms with E-state index in [1.54, 1.807) is 6.92 Å². The van der Waals surface area contributed by atoms with E-state index in [9.17, 15) is 0 Å². The first-order chi connectivity index (χ1) is 7.34. The summed E-state index contributed by atoms with van der Waals surface area (Å²) >= 11 is 0. The number of hydrogen-bond donors (Lipinski definition) is 1. The van der Waals surface area contributed by atoms with Crippen molar-refractivity contribution in [3.8, 4) is 0 Å². The van der Waals surface area contributed by atoms with Crippen LogP contribution < -0.4 is 5.32 Å². The summed E-state index contributed by atoms with van der Waals surface area (Å²) in [5, 5.41) is 7.06. The van der Waals surface area contributed by atoms with Crippen LogP contribution in [0.2, 0.25) is 0 Å². The van der Waals surface area contributed by atoms with Crippen molar-refractivity contribution in [3.63, 3.8) is 0 Å². The van der Waals surface area contributed by atoms with Crippen molar-refractivity contribution >= 4 is 0 Å². The second kappa shape index (κ2) is 5.23. The lowest BCUT2D eigenvalue weighted by Crippen LogP contribution is -2.32. The lowest BCUT2D eigenvalue weighted by atomic mass is 10.0. The maximum atomic E-state index is 5.54. The van der Waals surface area contributed by atoms with Gasteiger partial charge < -0.3 is 14.6 Å². The summed E-state index contributed by atoms with van der Waals surface area (Å²) < 4.78 is 10.5. The first kappa shape index (κ1) is 10.6. The van der Waals surface area contributed by atoms with Crippen molar-refractivity contribution in [1.29, 1.82) is 0 Å². The molecule has 2 rings (SSSR count). The van der Waals surface area contributed by atoms with Crippen LogP contribution in [0.5, 0.6) is 0 Å². The van der Waals surface area contributed by atoms with Crippen molar-refractivity contribution < 1.29 is 9.26 Å². The fourth-order valence-electron chi connectivity index (χ4n) is 1.78. The Morgan fingerprint density at radius 2 is 2.53 bits per heavy atom. The molecular weight excluding hydrogens is 194 g/mol. The van der Waals surface area contributed by atoms with Gasteiger partial charge in [0.1, 0.15) is 6.61 Å².